The van der Waals surface area contributed by atoms with Crippen LogP contribution in [0.25, 0.3) is 0 Å². The molecule has 0 spiro atoms. The molecule has 0 amide bonds. The third-order valence-electron chi connectivity index (χ3n) is 10.9. The topological polar surface area (TPSA) is 78.9 Å². The first-order valence-electron chi connectivity index (χ1n) is 25.0. The molecule has 0 saturated heterocycles. The molecule has 0 aromatic heterocycles. The minimum absolute atomic E-state index is 0.0738. The molecule has 0 saturated carbocycles. The smallest absolute Gasteiger partial charge is 0.306 e. The van der Waals surface area contributed by atoms with E-state index >= 15 is 0 Å². The fourth-order valence-electron chi connectivity index (χ4n) is 7.10. The molecule has 0 aliphatic carbocycles. The van der Waals surface area contributed by atoms with Crippen LogP contribution in [0.2, 0.25) is 0 Å². The Morgan fingerprint density at radius 2 is 0.621 bits per heavy atom. The molecule has 0 heterocycles. The van der Waals surface area contributed by atoms with Crippen LogP contribution in [0.3, 0.4) is 0 Å². The highest BCUT2D eigenvalue weighted by molar-refractivity contribution is 5.71. The fraction of sp³-hybridized carbons (Fsp3) is 0.827. The van der Waals surface area contributed by atoms with Crippen molar-refractivity contribution in [2.45, 2.75) is 264 Å². The monoisotopic (exact) mass is 815 g/mol. The van der Waals surface area contributed by atoms with Gasteiger partial charge in [0.05, 0.1) is 0 Å². The zero-order valence-corrected chi connectivity index (χ0v) is 38.6. The van der Waals surface area contributed by atoms with Gasteiger partial charge >= 0.3 is 17.9 Å². The van der Waals surface area contributed by atoms with Gasteiger partial charge in [-0.05, 0) is 57.8 Å². The molecule has 1 unspecified atom stereocenters. The largest absolute Gasteiger partial charge is 0.462 e. The van der Waals surface area contributed by atoms with Crippen molar-refractivity contribution < 1.29 is 28.6 Å². The van der Waals surface area contributed by atoms with Crippen molar-refractivity contribution in [3.63, 3.8) is 0 Å². The fourth-order valence-corrected chi connectivity index (χ4v) is 7.10. The Hall–Kier alpha value is -2.37. The lowest BCUT2D eigenvalue weighted by Gasteiger charge is -2.18. The lowest BCUT2D eigenvalue weighted by Crippen LogP contribution is -2.30. The molecule has 0 aromatic rings. The van der Waals surface area contributed by atoms with Crippen LogP contribution in [-0.2, 0) is 28.6 Å². The predicted octanol–water partition coefficient (Wildman–Crippen LogP) is 16.1. The summed E-state index contributed by atoms with van der Waals surface area (Å²) in [6, 6.07) is 0. The van der Waals surface area contributed by atoms with E-state index in [-0.39, 0.29) is 31.1 Å². The van der Waals surface area contributed by atoms with Crippen molar-refractivity contribution in [2.24, 2.45) is 0 Å². The normalized spacial score (nSPS) is 12.3. The second-order valence-corrected chi connectivity index (χ2v) is 16.7. The summed E-state index contributed by atoms with van der Waals surface area (Å²) < 4.78 is 16.7. The van der Waals surface area contributed by atoms with Crippen molar-refractivity contribution in [2.75, 3.05) is 13.2 Å². The molecule has 6 nitrogen and oxygen atoms in total. The number of esters is 3. The van der Waals surface area contributed by atoms with E-state index in [1.165, 1.54) is 141 Å². The van der Waals surface area contributed by atoms with Crippen molar-refractivity contribution in [1.29, 1.82) is 0 Å². The van der Waals surface area contributed by atoms with Crippen LogP contribution in [0.15, 0.2) is 36.5 Å². The van der Waals surface area contributed by atoms with E-state index < -0.39 is 6.10 Å². The van der Waals surface area contributed by atoms with Gasteiger partial charge in [-0.15, -0.1) is 0 Å². The molecular formula is C52H94O6. The van der Waals surface area contributed by atoms with E-state index in [2.05, 4.69) is 57.2 Å². The summed E-state index contributed by atoms with van der Waals surface area (Å²) in [5.74, 6) is -0.887. The Labute approximate surface area is 359 Å². The number of unbranched alkanes of at least 4 members (excludes halogenated alkanes) is 28. The number of ether oxygens (including phenoxy) is 3. The number of carbonyl (C=O) groups excluding carboxylic acids is 3. The average Bonchev–Trinajstić information content (AvgIpc) is 3.22. The molecule has 1 atom stereocenters. The first-order chi connectivity index (χ1) is 28.5. The van der Waals surface area contributed by atoms with Crippen LogP contribution >= 0.6 is 0 Å². The lowest BCUT2D eigenvalue weighted by atomic mass is 10.0. The highest BCUT2D eigenvalue weighted by Gasteiger charge is 2.19. The molecule has 338 valence electrons. The number of hydrogen-bond donors (Lipinski definition) is 0. The summed E-state index contributed by atoms with van der Waals surface area (Å²) in [5.41, 5.74) is 0. The van der Waals surface area contributed by atoms with Gasteiger partial charge in [0, 0.05) is 19.3 Å². The summed E-state index contributed by atoms with van der Waals surface area (Å²) in [6.45, 7) is 6.58. The van der Waals surface area contributed by atoms with Crippen molar-refractivity contribution >= 4 is 17.9 Å². The maximum atomic E-state index is 12.7. The second-order valence-electron chi connectivity index (χ2n) is 16.7. The summed E-state index contributed by atoms with van der Waals surface area (Å²) >= 11 is 0. The number of hydrogen-bond acceptors (Lipinski definition) is 6. The van der Waals surface area contributed by atoms with Crippen molar-refractivity contribution in [1.82, 2.24) is 0 Å². The maximum Gasteiger partial charge on any atom is 0.306 e. The molecule has 0 bridgehead atoms. The van der Waals surface area contributed by atoms with E-state index in [9.17, 15) is 14.4 Å². The average molecular weight is 815 g/mol. The zero-order chi connectivity index (χ0) is 42.3. The van der Waals surface area contributed by atoms with Crippen LogP contribution in [0, 0.1) is 0 Å². The lowest BCUT2D eigenvalue weighted by molar-refractivity contribution is -0.167. The minimum atomic E-state index is -0.770. The van der Waals surface area contributed by atoms with Crippen LogP contribution in [-0.4, -0.2) is 37.2 Å². The highest BCUT2D eigenvalue weighted by Crippen LogP contribution is 2.15. The first kappa shape index (κ1) is 55.6. The first-order valence-corrected chi connectivity index (χ1v) is 25.0. The standard InChI is InChI=1S/C52H94O6/c1-4-7-10-13-16-18-20-22-23-24-25-26-27-28-29-30-32-33-36-39-42-45-51(54)57-48-49(47-56-50(53)44-41-38-35-15-12-9-6-3)58-52(55)46-43-40-37-34-31-21-19-17-14-11-8-5-2/h20,22,24-25,27-28,49H,4-19,21,23,26,29-48H2,1-3H3/b22-20-,25-24-,28-27-. The van der Waals surface area contributed by atoms with Gasteiger partial charge in [-0.3, -0.25) is 14.4 Å². The minimum Gasteiger partial charge on any atom is -0.462 e. The molecule has 0 radical (unpaired) electrons. The Morgan fingerprint density at radius 1 is 0.345 bits per heavy atom. The van der Waals surface area contributed by atoms with Gasteiger partial charge in [-0.2, -0.15) is 0 Å². The molecule has 0 aromatic carbocycles. The van der Waals surface area contributed by atoms with Gasteiger partial charge in [0.25, 0.3) is 0 Å². The zero-order valence-electron chi connectivity index (χ0n) is 38.6. The van der Waals surface area contributed by atoms with E-state index in [1.54, 1.807) is 0 Å². The molecule has 0 aliphatic heterocycles. The molecule has 0 aliphatic rings. The van der Waals surface area contributed by atoms with Gasteiger partial charge in [0.2, 0.25) is 0 Å². The molecule has 0 N–H and O–H groups in total. The van der Waals surface area contributed by atoms with Crippen LogP contribution < -0.4 is 0 Å². The van der Waals surface area contributed by atoms with Crippen LogP contribution in [0.1, 0.15) is 258 Å². The van der Waals surface area contributed by atoms with Gasteiger partial charge in [0.1, 0.15) is 13.2 Å². The summed E-state index contributed by atoms with van der Waals surface area (Å²) in [6.07, 6.45) is 54.3. The Morgan fingerprint density at radius 3 is 0.966 bits per heavy atom. The van der Waals surface area contributed by atoms with Gasteiger partial charge < -0.3 is 14.2 Å². The third-order valence-corrected chi connectivity index (χ3v) is 10.9. The number of carbonyl (C=O) groups is 3. The summed E-state index contributed by atoms with van der Waals surface area (Å²) in [7, 11) is 0. The SMILES string of the molecule is CCCCCCC/C=C\C/C=C\C/C=C\CCCCCCCCC(=O)OCC(COC(=O)CCCCCCCCC)OC(=O)CCCCCCCCCCCCCC. The van der Waals surface area contributed by atoms with E-state index in [1.807, 2.05) is 0 Å². The summed E-state index contributed by atoms with van der Waals surface area (Å²) in [4.78, 5) is 37.7. The van der Waals surface area contributed by atoms with Crippen LogP contribution in [0.4, 0.5) is 0 Å². The van der Waals surface area contributed by atoms with E-state index in [0.717, 1.165) is 77.0 Å². The Bertz CT molecular complexity index is 984. The highest BCUT2D eigenvalue weighted by atomic mass is 16.6. The molecule has 58 heavy (non-hydrogen) atoms. The quantitative estimate of drug-likeness (QED) is 0.0264. The third kappa shape index (κ3) is 44.7. The van der Waals surface area contributed by atoms with Gasteiger partial charge in [-0.1, -0.05) is 218 Å². The second kappa shape index (κ2) is 47.3. The van der Waals surface area contributed by atoms with E-state index in [4.69, 9.17) is 14.2 Å². The number of allylic oxidation sites excluding steroid dienone is 6. The predicted molar refractivity (Wildman–Crippen MR) is 247 cm³/mol. The molecular weight excluding hydrogens is 721 g/mol. The van der Waals surface area contributed by atoms with Crippen LogP contribution in [0.5, 0.6) is 0 Å². The molecule has 0 fully saturated rings. The van der Waals surface area contributed by atoms with Gasteiger partial charge in [-0.25, -0.2) is 0 Å². The van der Waals surface area contributed by atoms with Crippen molar-refractivity contribution in [3.8, 4) is 0 Å². The van der Waals surface area contributed by atoms with Crippen molar-refractivity contribution in [3.05, 3.63) is 36.5 Å². The number of rotatable bonds is 45. The molecule has 0 rings (SSSR count). The Kier molecular flexibility index (Phi) is 45.4. The Balaban J connectivity index is 4.23. The molecule has 6 heteroatoms. The van der Waals surface area contributed by atoms with E-state index in [0.29, 0.717) is 19.3 Å². The van der Waals surface area contributed by atoms with Gasteiger partial charge in [0.15, 0.2) is 6.10 Å². The maximum absolute atomic E-state index is 12.7. The summed E-state index contributed by atoms with van der Waals surface area (Å²) in [5, 5.41) is 0.